The summed E-state index contributed by atoms with van der Waals surface area (Å²) >= 11 is 1.33. The van der Waals surface area contributed by atoms with Gasteiger partial charge in [0.15, 0.2) is 5.17 Å². The summed E-state index contributed by atoms with van der Waals surface area (Å²) in [5.41, 5.74) is 4.04. The smallest absolute Gasteiger partial charge is 0.273 e. The highest BCUT2D eigenvalue weighted by molar-refractivity contribution is 8.18. The van der Waals surface area contributed by atoms with Crippen LogP contribution in [-0.2, 0) is 9.53 Å². The van der Waals surface area contributed by atoms with Crippen LogP contribution in [0.4, 0.5) is 11.4 Å². The molecule has 1 aliphatic heterocycles. The first-order chi connectivity index (χ1) is 17.8. The first kappa shape index (κ1) is 26.2. The third kappa shape index (κ3) is 5.60. The van der Waals surface area contributed by atoms with Crippen molar-refractivity contribution in [2.24, 2.45) is 4.99 Å². The van der Waals surface area contributed by atoms with Crippen molar-refractivity contribution in [2.75, 3.05) is 26.9 Å². The van der Waals surface area contributed by atoms with Gasteiger partial charge in [-0.25, -0.2) is 4.99 Å². The monoisotopic (exact) mass is 520 g/mol. The molecule has 10 heteroatoms. The minimum absolute atomic E-state index is 0.0456. The molecule has 0 aliphatic carbocycles. The summed E-state index contributed by atoms with van der Waals surface area (Å²) < 4.78 is 12.9. The average Bonchev–Trinajstić information content (AvgIpc) is 3.33. The standard InChI is InChI=1S/C27H28N4O5S/c1-5-36-14-13-29-26(32)25(37-27(29)28-21-9-7-6-8-10-21)16-20-15-18(2)30(19(20)3)23-12-11-22(31(33)34)17-24(23)35-4/h6-12,15-17H,5,13-14H2,1-4H3/b25-16-,28-27?. The molecule has 0 spiro atoms. The number of para-hydroxylation sites is 1. The van der Waals surface area contributed by atoms with Gasteiger partial charge in [0, 0.05) is 24.1 Å². The lowest BCUT2D eigenvalue weighted by atomic mass is 10.2. The Hall–Kier alpha value is -3.89. The molecule has 1 aromatic heterocycles. The number of amidine groups is 1. The number of nitro benzene ring substituents is 1. The van der Waals surface area contributed by atoms with Gasteiger partial charge in [-0.3, -0.25) is 19.8 Å². The van der Waals surface area contributed by atoms with Gasteiger partial charge in [-0.05, 0) is 68.4 Å². The van der Waals surface area contributed by atoms with Crippen molar-refractivity contribution in [1.82, 2.24) is 9.47 Å². The van der Waals surface area contributed by atoms with Crippen molar-refractivity contribution in [3.8, 4) is 11.4 Å². The van der Waals surface area contributed by atoms with Crippen LogP contribution in [0.3, 0.4) is 0 Å². The number of aryl methyl sites for hydroxylation is 1. The summed E-state index contributed by atoms with van der Waals surface area (Å²) in [7, 11) is 1.48. The molecule has 0 saturated carbocycles. The highest BCUT2D eigenvalue weighted by atomic mass is 32.2. The van der Waals surface area contributed by atoms with Gasteiger partial charge in [0.1, 0.15) is 5.75 Å². The normalized spacial score (nSPS) is 15.7. The van der Waals surface area contributed by atoms with E-state index in [0.717, 1.165) is 22.6 Å². The Labute approximate surface area is 219 Å². The van der Waals surface area contributed by atoms with E-state index in [1.165, 1.54) is 31.0 Å². The van der Waals surface area contributed by atoms with Crippen molar-refractivity contribution >= 4 is 40.3 Å². The molecule has 9 nitrogen and oxygen atoms in total. The highest BCUT2D eigenvalue weighted by Crippen LogP contribution is 2.36. The molecule has 192 valence electrons. The number of nitrogens with zero attached hydrogens (tertiary/aromatic N) is 4. The van der Waals surface area contributed by atoms with Crippen LogP contribution in [0.1, 0.15) is 23.9 Å². The van der Waals surface area contributed by atoms with E-state index in [0.29, 0.717) is 41.3 Å². The highest BCUT2D eigenvalue weighted by Gasteiger charge is 2.33. The van der Waals surface area contributed by atoms with Crippen LogP contribution in [0.2, 0.25) is 0 Å². The molecule has 0 atom stereocenters. The number of thioether (sulfide) groups is 1. The van der Waals surface area contributed by atoms with E-state index in [4.69, 9.17) is 14.5 Å². The summed E-state index contributed by atoms with van der Waals surface area (Å²) in [4.78, 5) is 31.1. The Morgan fingerprint density at radius 2 is 1.89 bits per heavy atom. The van der Waals surface area contributed by atoms with E-state index in [1.54, 1.807) is 11.0 Å². The fraction of sp³-hybridized carbons (Fsp3) is 0.259. The lowest BCUT2D eigenvalue weighted by Gasteiger charge is -2.15. The minimum atomic E-state index is -0.452. The Bertz CT molecular complexity index is 1380. The fourth-order valence-corrected chi connectivity index (χ4v) is 5.13. The van der Waals surface area contributed by atoms with Gasteiger partial charge in [-0.15, -0.1) is 0 Å². The lowest BCUT2D eigenvalue weighted by molar-refractivity contribution is -0.384. The molecule has 0 bridgehead atoms. The van der Waals surface area contributed by atoms with Crippen molar-refractivity contribution in [3.05, 3.63) is 86.6 Å². The second-order valence-electron chi connectivity index (χ2n) is 8.27. The number of non-ortho nitro benzene ring substituents is 1. The number of amides is 1. The quantitative estimate of drug-likeness (QED) is 0.156. The molecule has 1 fully saturated rings. The van der Waals surface area contributed by atoms with Gasteiger partial charge < -0.3 is 14.0 Å². The molecule has 4 rings (SSSR count). The van der Waals surface area contributed by atoms with Gasteiger partial charge in [0.25, 0.3) is 11.6 Å². The Kier molecular flexibility index (Phi) is 8.10. The number of methoxy groups -OCH3 is 1. The SMILES string of the molecule is CCOCCN1C(=O)/C(=C/c2cc(C)n(-c3ccc([N+](=O)[O-])cc3OC)c2C)SC1=Nc1ccccc1. The zero-order chi connectivity index (χ0) is 26.5. The molecular formula is C27H28N4O5S. The molecule has 2 heterocycles. The minimum Gasteiger partial charge on any atom is -0.494 e. The van der Waals surface area contributed by atoms with E-state index in [2.05, 4.69) is 0 Å². The maximum absolute atomic E-state index is 13.4. The second-order valence-corrected chi connectivity index (χ2v) is 9.28. The van der Waals surface area contributed by atoms with E-state index in [1.807, 2.05) is 67.8 Å². The summed E-state index contributed by atoms with van der Waals surface area (Å²) in [5, 5.41) is 11.8. The molecule has 3 aromatic rings. The van der Waals surface area contributed by atoms with Crippen LogP contribution in [0.15, 0.2) is 64.5 Å². The van der Waals surface area contributed by atoms with Gasteiger partial charge in [-0.2, -0.15) is 0 Å². The molecule has 1 aliphatic rings. The van der Waals surface area contributed by atoms with Crippen molar-refractivity contribution in [1.29, 1.82) is 0 Å². The molecule has 0 unspecified atom stereocenters. The predicted molar refractivity (Wildman–Crippen MR) is 146 cm³/mol. The second kappa shape index (κ2) is 11.4. The molecule has 1 saturated heterocycles. The van der Waals surface area contributed by atoms with Gasteiger partial charge in [-0.1, -0.05) is 18.2 Å². The Morgan fingerprint density at radius 3 is 2.57 bits per heavy atom. The van der Waals surface area contributed by atoms with Gasteiger partial charge in [0.05, 0.1) is 47.5 Å². The lowest BCUT2D eigenvalue weighted by Crippen LogP contribution is -2.32. The van der Waals surface area contributed by atoms with Crippen LogP contribution in [0.5, 0.6) is 5.75 Å². The molecule has 1 amide bonds. The number of carbonyl (C=O) groups is 1. The maximum Gasteiger partial charge on any atom is 0.273 e. The van der Waals surface area contributed by atoms with Crippen LogP contribution in [-0.4, -0.2) is 52.3 Å². The fourth-order valence-electron chi connectivity index (χ4n) is 4.11. The molecule has 2 aromatic carbocycles. The van der Waals surface area contributed by atoms with E-state index in [-0.39, 0.29) is 11.6 Å². The van der Waals surface area contributed by atoms with Crippen molar-refractivity contribution in [3.63, 3.8) is 0 Å². The average molecular weight is 521 g/mol. The zero-order valence-electron chi connectivity index (χ0n) is 21.1. The Balaban J connectivity index is 1.71. The van der Waals surface area contributed by atoms with E-state index >= 15 is 0 Å². The number of carbonyl (C=O) groups excluding carboxylic acids is 1. The van der Waals surface area contributed by atoms with E-state index < -0.39 is 4.92 Å². The summed E-state index contributed by atoms with van der Waals surface area (Å²) in [6.45, 7) is 7.19. The largest absolute Gasteiger partial charge is 0.494 e. The number of aromatic nitrogens is 1. The number of benzene rings is 2. The van der Waals surface area contributed by atoms with Gasteiger partial charge >= 0.3 is 0 Å². The first-order valence-electron chi connectivity index (χ1n) is 11.8. The third-order valence-corrected chi connectivity index (χ3v) is 6.91. The van der Waals surface area contributed by atoms with Gasteiger partial charge in [0.2, 0.25) is 0 Å². The third-order valence-electron chi connectivity index (χ3n) is 5.90. The number of hydrogen-bond donors (Lipinski definition) is 0. The van der Waals surface area contributed by atoms with Crippen molar-refractivity contribution < 1.29 is 19.2 Å². The molecular weight excluding hydrogens is 492 g/mol. The molecule has 37 heavy (non-hydrogen) atoms. The topological polar surface area (TPSA) is 99.2 Å². The number of hydrogen-bond acceptors (Lipinski definition) is 7. The van der Waals surface area contributed by atoms with Crippen LogP contribution in [0.25, 0.3) is 11.8 Å². The number of rotatable bonds is 9. The van der Waals surface area contributed by atoms with Crippen LogP contribution >= 0.6 is 11.8 Å². The van der Waals surface area contributed by atoms with Crippen LogP contribution in [0, 0.1) is 24.0 Å². The zero-order valence-corrected chi connectivity index (χ0v) is 21.9. The number of nitro groups is 1. The van der Waals surface area contributed by atoms with Crippen molar-refractivity contribution in [2.45, 2.75) is 20.8 Å². The summed E-state index contributed by atoms with van der Waals surface area (Å²) in [6.07, 6.45) is 1.87. The molecule has 0 radical (unpaired) electrons. The Morgan fingerprint density at radius 1 is 1.14 bits per heavy atom. The summed E-state index contributed by atoms with van der Waals surface area (Å²) in [6, 6.07) is 16.0. The van der Waals surface area contributed by atoms with Crippen LogP contribution < -0.4 is 4.74 Å². The maximum atomic E-state index is 13.4. The predicted octanol–water partition coefficient (Wildman–Crippen LogP) is 5.65. The van der Waals surface area contributed by atoms with E-state index in [9.17, 15) is 14.9 Å². The summed E-state index contributed by atoms with van der Waals surface area (Å²) in [5.74, 6) is 0.262. The number of aliphatic imine (C=N–C) groups is 1. The first-order valence-corrected chi connectivity index (χ1v) is 12.6. The number of ether oxygens (including phenoxy) is 2. The molecule has 0 N–H and O–H groups in total.